The summed E-state index contributed by atoms with van der Waals surface area (Å²) in [7, 11) is 0. The zero-order valence-corrected chi connectivity index (χ0v) is 20.0. The van der Waals surface area contributed by atoms with Crippen molar-refractivity contribution in [1.82, 2.24) is 4.98 Å². The Hall–Kier alpha value is -4.32. The maximum absolute atomic E-state index is 13.0. The number of hydrogen-bond donors (Lipinski definition) is 1. The third-order valence-electron chi connectivity index (χ3n) is 6.04. The molecule has 3 aromatic carbocycles. The molecule has 6 nitrogen and oxygen atoms in total. The molecule has 0 radical (unpaired) electrons. The van der Waals surface area contributed by atoms with Gasteiger partial charge in [-0.15, -0.1) is 0 Å². The average molecular weight is 482 g/mol. The lowest BCUT2D eigenvalue weighted by molar-refractivity contribution is -0.141. The van der Waals surface area contributed by atoms with Crippen molar-refractivity contribution in [3.05, 3.63) is 113 Å². The normalized spacial score (nSPS) is 11.7. The van der Waals surface area contributed by atoms with Gasteiger partial charge in [0.1, 0.15) is 17.2 Å². The van der Waals surface area contributed by atoms with Crippen LogP contribution in [0.15, 0.2) is 89.7 Å². The van der Waals surface area contributed by atoms with Crippen LogP contribution in [0.2, 0.25) is 0 Å². The summed E-state index contributed by atoms with van der Waals surface area (Å²) in [5.41, 5.74) is 4.99. The first-order valence-corrected chi connectivity index (χ1v) is 11.8. The largest absolute Gasteiger partial charge is 0.481 e. The zero-order valence-electron chi connectivity index (χ0n) is 20.0. The first-order chi connectivity index (χ1) is 17.4. The number of rotatable bonds is 11. The van der Waals surface area contributed by atoms with E-state index >= 15 is 0 Å². The molecule has 4 rings (SSSR count). The minimum atomic E-state index is -1.01. The van der Waals surface area contributed by atoms with Crippen LogP contribution in [0.25, 0.3) is 11.1 Å². The van der Waals surface area contributed by atoms with E-state index < -0.39 is 11.9 Å². The van der Waals surface area contributed by atoms with E-state index in [9.17, 15) is 19.5 Å². The second-order valence-electron chi connectivity index (χ2n) is 8.93. The highest BCUT2D eigenvalue weighted by Gasteiger charge is 2.26. The molecule has 0 fully saturated rings. The van der Waals surface area contributed by atoms with E-state index in [2.05, 4.69) is 4.98 Å². The van der Waals surface area contributed by atoms with E-state index in [1.807, 2.05) is 78.9 Å². The fraction of sp³-hybridized carbons (Fsp3) is 0.200. The number of carboxylic acid groups (broad SMARTS) is 1. The van der Waals surface area contributed by atoms with Crippen LogP contribution in [-0.4, -0.2) is 27.6 Å². The van der Waals surface area contributed by atoms with Crippen LogP contribution in [0.3, 0.4) is 0 Å². The fourth-order valence-corrected chi connectivity index (χ4v) is 4.24. The van der Waals surface area contributed by atoms with Gasteiger partial charge in [-0.3, -0.25) is 14.4 Å². The number of nitrogens with zero attached hydrogens (tertiary/aromatic N) is 1. The summed E-state index contributed by atoms with van der Waals surface area (Å²) in [6.45, 7) is 1.58. The monoisotopic (exact) mass is 481 g/mol. The minimum Gasteiger partial charge on any atom is -0.481 e. The lowest BCUT2D eigenvalue weighted by Gasteiger charge is -2.11. The fourth-order valence-electron chi connectivity index (χ4n) is 4.24. The molecule has 0 unspecified atom stereocenters. The van der Waals surface area contributed by atoms with Gasteiger partial charge in [-0.25, -0.2) is 4.98 Å². The molecule has 1 N–H and O–H groups in total. The molecule has 0 amide bonds. The molecule has 1 aromatic heterocycles. The first kappa shape index (κ1) is 24.8. The summed E-state index contributed by atoms with van der Waals surface area (Å²) in [6.07, 6.45) is 2.11. The number of carbonyl (C=O) groups excluding carboxylic acids is 2. The molecular formula is C30H27NO5. The van der Waals surface area contributed by atoms with Crippen molar-refractivity contribution in [3.63, 3.8) is 0 Å². The Bertz CT molecular complexity index is 1360. The van der Waals surface area contributed by atoms with Gasteiger partial charge in [0.2, 0.25) is 0 Å². The average Bonchev–Trinajstić information content (AvgIpc) is 3.32. The topological polar surface area (TPSA) is 97.5 Å². The Morgan fingerprint density at radius 3 is 2.28 bits per heavy atom. The molecule has 0 aliphatic heterocycles. The number of carbonyl (C=O) groups is 3. The molecule has 0 saturated heterocycles. The number of benzene rings is 3. The number of hydrogen-bond acceptors (Lipinski definition) is 5. The molecule has 0 aliphatic rings. The molecular weight excluding hydrogens is 454 g/mol. The number of aliphatic carboxylic acids is 1. The minimum absolute atomic E-state index is 0.120. The predicted octanol–water partition coefficient (Wildman–Crippen LogP) is 5.58. The Labute approximate surface area is 209 Å². The predicted molar refractivity (Wildman–Crippen MR) is 136 cm³/mol. The molecule has 0 spiro atoms. The number of Topliss-reactive ketones (excluding diaryl/α,β-unsaturated/α-hetero) is 2. The Balaban J connectivity index is 1.45. The molecule has 0 aliphatic carbocycles. The molecule has 6 heteroatoms. The highest BCUT2D eigenvalue weighted by atomic mass is 16.4. The third-order valence-corrected chi connectivity index (χ3v) is 6.04. The lowest BCUT2D eigenvalue weighted by atomic mass is 9.93. The van der Waals surface area contributed by atoms with Crippen LogP contribution < -0.4 is 0 Å². The number of aromatic nitrogens is 1. The van der Waals surface area contributed by atoms with E-state index in [0.29, 0.717) is 18.6 Å². The summed E-state index contributed by atoms with van der Waals surface area (Å²) in [4.78, 5) is 40.3. The van der Waals surface area contributed by atoms with Gasteiger partial charge < -0.3 is 9.52 Å². The van der Waals surface area contributed by atoms with Crippen molar-refractivity contribution >= 4 is 17.5 Å². The van der Waals surface area contributed by atoms with Gasteiger partial charge in [-0.1, -0.05) is 78.9 Å². The molecule has 1 atom stereocenters. The standard InChI is InChI=1S/C30H27NO5/c1-20(32)14-23-8-5-9-25(16-23)24-12-10-22(11-13-24)17-28-29(31-19-36-28)27(33)18-26(30(34)35)15-21-6-3-2-4-7-21/h2-13,16,19,26H,14-15,17-18H2,1H3,(H,34,35)/t26-/m1/s1. The van der Waals surface area contributed by atoms with Crippen LogP contribution in [-0.2, 0) is 28.9 Å². The number of carboxylic acids is 1. The van der Waals surface area contributed by atoms with E-state index in [4.69, 9.17) is 4.42 Å². The van der Waals surface area contributed by atoms with Crippen molar-refractivity contribution in [1.29, 1.82) is 0 Å². The van der Waals surface area contributed by atoms with Gasteiger partial charge in [0, 0.05) is 19.3 Å². The summed E-state index contributed by atoms with van der Waals surface area (Å²) in [5.74, 6) is -1.67. The molecule has 182 valence electrons. The van der Waals surface area contributed by atoms with E-state index in [1.165, 1.54) is 6.39 Å². The highest BCUT2D eigenvalue weighted by molar-refractivity contribution is 5.97. The quantitative estimate of drug-likeness (QED) is 0.281. The Morgan fingerprint density at radius 1 is 0.861 bits per heavy atom. The van der Waals surface area contributed by atoms with E-state index in [-0.39, 0.29) is 30.1 Å². The molecule has 0 bridgehead atoms. The van der Waals surface area contributed by atoms with Crippen LogP contribution >= 0.6 is 0 Å². The highest BCUT2D eigenvalue weighted by Crippen LogP contribution is 2.24. The number of oxazole rings is 1. The lowest BCUT2D eigenvalue weighted by Crippen LogP contribution is -2.21. The molecule has 1 heterocycles. The molecule has 36 heavy (non-hydrogen) atoms. The molecule has 0 saturated carbocycles. The smallest absolute Gasteiger partial charge is 0.307 e. The van der Waals surface area contributed by atoms with Crippen molar-refractivity contribution in [2.24, 2.45) is 5.92 Å². The SMILES string of the molecule is CC(=O)Cc1cccc(-c2ccc(Cc3ocnc3C(=O)C[C@@H](Cc3ccccc3)C(=O)O)cc2)c1. The van der Waals surface area contributed by atoms with Crippen LogP contribution in [0.4, 0.5) is 0 Å². The van der Waals surface area contributed by atoms with Gasteiger partial charge >= 0.3 is 5.97 Å². The van der Waals surface area contributed by atoms with Crippen LogP contribution in [0, 0.1) is 5.92 Å². The second kappa shape index (κ2) is 11.4. The maximum Gasteiger partial charge on any atom is 0.307 e. The van der Waals surface area contributed by atoms with Crippen molar-refractivity contribution in [2.75, 3.05) is 0 Å². The van der Waals surface area contributed by atoms with Gasteiger partial charge in [0.25, 0.3) is 0 Å². The summed E-state index contributed by atoms with van der Waals surface area (Å²) >= 11 is 0. The van der Waals surface area contributed by atoms with Gasteiger partial charge in [-0.05, 0) is 41.2 Å². The number of ketones is 2. The van der Waals surface area contributed by atoms with Crippen molar-refractivity contribution < 1.29 is 23.9 Å². The molecule has 4 aromatic rings. The maximum atomic E-state index is 13.0. The van der Waals surface area contributed by atoms with Crippen molar-refractivity contribution in [3.8, 4) is 11.1 Å². The second-order valence-corrected chi connectivity index (χ2v) is 8.93. The third kappa shape index (κ3) is 6.42. The van der Waals surface area contributed by atoms with Gasteiger partial charge in [-0.2, -0.15) is 0 Å². The van der Waals surface area contributed by atoms with E-state index in [1.54, 1.807) is 6.92 Å². The summed E-state index contributed by atoms with van der Waals surface area (Å²) < 4.78 is 5.51. The first-order valence-electron chi connectivity index (χ1n) is 11.8. The van der Waals surface area contributed by atoms with Crippen LogP contribution in [0.5, 0.6) is 0 Å². The van der Waals surface area contributed by atoms with Crippen LogP contribution in [0.1, 0.15) is 46.3 Å². The summed E-state index contributed by atoms with van der Waals surface area (Å²) in [5, 5.41) is 9.65. The zero-order chi connectivity index (χ0) is 25.5. The van der Waals surface area contributed by atoms with Gasteiger partial charge in [0.15, 0.2) is 12.2 Å². The Kier molecular flexibility index (Phi) is 7.85. The summed E-state index contributed by atoms with van der Waals surface area (Å²) in [6, 6.07) is 25.0. The van der Waals surface area contributed by atoms with E-state index in [0.717, 1.165) is 27.8 Å². The van der Waals surface area contributed by atoms with Gasteiger partial charge in [0.05, 0.1) is 5.92 Å². The Morgan fingerprint density at radius 2 is 1.58 bits per heavy atom. The van der Waals surface area contributed by atoms with Crippen molar-refractivity contribution in [2.45, 2.75) is 32.6 Å².